The van der Waals surface area contributed by atoms with Crippen LogP contribution in [0.25, 0.3) is 10.9 Å². The smallest absolute Gasteiger partial charge is 0.326 e. The minimum absolute atomic E-state index is 0.0972. The van der Waals surface area contributed by atoms with Gasteiger partial charge >= 0.3 is 6.03 Å². The van der Waals surface area contributed by atoms with Gasteiger partial charge in [-0.1, -0.05) is 42.5 Å². The van der Waals surface area contributed by atoms with E-state index >= 15 is 0 Å². The molecule has 4 aromatic rings. The zero-order valence-electron chi connectivity index (χ0n) is 20.1. The highest BCUT2D eigenvalue weighted by Gasteiger charge is 2.40. The molecule has 186 valence electrons. The third kappa shape index (κ3) is 4.29. The Morgan fingerprint density at radius 2 is 1.76 bits per heavy atom. The van der Waals surface area contributed by atoms with Crippen LogP contribution in [-0.4, -0.2) is 62.6 Å². The van der Waals surface area contributed by atoms with Gasteiger partial charge in [0.1, 0.15) is 6.04 Å². The Kier molecular flexibility index (Phi) is 5.92. The average Bonchev–Trinajstić information content (AvgIpc) is 3.32. The maximum absolute atomic E-state index is 12.4. The van der Waals surface area contributed by atoms with Crippen LogP contribution in [0, 0.1) is 10.1 Å². The Balaban J connectivity index is 1.55. The highest BCUT2D eigenvalue weighted by Crippen LogP contribution is 2.33. The van der Waals surface area contributed by atoms with Crippen LogP contribution in [0.5, 0.6) is 5.88 Å². The number of aromatic hydroxyl groups is 1. The zero-order chi connectivity index (χ0) is 26.3. The molecule has 0 saturated carbocycles. The van der Waals surface area contributed by atoms with E-state index < -0.39 is 11.0 Å². The molecule has 1 fully saturated rings. The molecule has 1 aliphatic heterocycles. The van der Waals surface area contributed by atoms with E-state index in [1.807, 2.05) is 42.5 Å². The summed E-state index contributed by atoms with van der Waals surface area (Å²) in [6, 6.07) is 19.9. The fraction of sp³-hybridized carbons (Fsp3) is 0.148. The predicted octanol–water partition coefficient (Wildman–Crippen LogP) is 4.39. The summed E-state index contributed by atoms with van der Waals surface area (Å²) in [5, 5.41) is 22.7. The van der Waals surface area contributed by atoms with Crippen LogP contribution in [0.3, 0.4) is 0 Å². The Labute approximate surface area is 211 Å². The van der Waals surface area contributed by atoms with Crippen LogP contribution >= 0.6 is 0 Å². The number of nitro benzene ring substituents is 1. The van der Waals surface area contributed by atoms with E-state index in [0.29, 0.717) is 39.8 Å². The number of urea groups is 1. The van der Waals surface area contributed by atoms with Crippen molar-refractivity contribution in [1.82, 2.24) is 14.8 Å². The Morgan fingerprint density at radius 1 is 1.05 bits per heavy atom. The molecule has 0 radical (unpaired) electrons. The van der Waals surface area contributed by atoms with Gasteiger partial charge < -0.3 is 15.0 Å². The number of imide groups is 1. The topological polar surface area (TPSA) is 132 Å². The van der Waals surface area contributed by atoms with Gasteiger partial charge in [0.05, 0.1) is 21.9 Å². The highest BCUT2D eigenvalue weighted by atomic mass is 16.6. The molecule has 1 atom stereocenters. The van der Waals surface area contributed by atoms with Crippen LogP contribution in [0.1, 0.15) is 16.7 Å². The largest absolute Gasteiger partial charge is 0.494 e. The number of hydrogen-bond donors (Lipinski definition) is 2. The monoisotopic (exact) mass is 497 g/mol. The van der Waals surface area contributed by atoms with Crippen molar-refractivity contribution in [3.8, 4) is 5.88 Å². The van der Waals surface area contributed by atoms with Crippen LogP contribution < -0.4 is 0 Å². The molecule has 1 aromatic heterocycles. The molecule has 10 nitrogen and oxygen atoms in total. The SMILES string of the molecule is CN1C(=O)C(Cc2ccc(N=C(c3ccccc3)c3c(O)[nH]c4ccc([N+](=O)[O-])cc34)cc2)N(C)C1=O. The highest BCUT2D eigenvalue weighted by molar-refractivity contribution is 6.22. The lowest BCUT2D eigenvalue weighted by Crippen LogP contribution is -2.33. The first-order valence-corrected chi connectivity index (χ1v) is 11.5. The number of H-pyrrole nitrogens is 1. The van der Waals surface area contributed by atoms with Crippen LogP contribution in [-0.2, 0) is 11.2 Å². The molecular formula is C27H23N5O5. The number of nitro groups is 1. The lowest BCUT2D eigenvalue weighted by atomic mass is 10.00. The molecule has 2 heterocycles. The molecule has 3 amide bonds. The Morgan fingerprint density at radius 3 is 2.38 bits per heavy atom. The summed E-state index contributed by atoms with van der Waals surface area (Å²) in [6.07, 6.45) is 0.369. The van der Waals surface area contributed by atoms with Crippen molar-refractivity contribution in [2.75, 3.05) is 14.1 Å². The van der Waals surface area contributed by atoms with Crippen molar-refractivity contribution >= 4 is 39.9 Å². The van der Waals surface area contributed by atoms with Gasteiger partial charge in [-0.2, -0.15) is 0 Å². The average molecular weight is 498 g/mol. The first-order chi connectivity index (χ1) is 17.7. The summed E-state index contributed by atoms with van der Waals surface area (Å²) in [5.74, 6) is -0.392. The molecule has 2 N–H and O–H groups in total. The van der Waals surface area contributed by atoms with Gasteiger partial charge in [-0.15, -0.1) is 0 Å². The number of carbonyl (C=O) groups is 2. The first-order valence-electron chi connectivity index (χ1n) is 11.5. The van der Waals surface area contributed by atoms with E-state index in [0.717, 1.165) is 10.5 Å². The number of amides is 3. The summed E-state index contributed by atoms with van der Waals surface area (Å²) in [7, 11) is 3.08. The number of fused-ring (bicyclic) bond motifs is 1. The Bertz CT molecular complexity index is 1560. The number of aromatic nitrogens is 1. The van der Waals surface area contributed by atoms with E-state index in [9.17, 15) is 24.8 Å². The van der Waals surface area contributed by atoms with Gasteiger partial charge in [0, 0.05) is 49.1 Å². The van der Waals surface area contributed by atoms with Crippen molar-refractivity contribution in [3.05, 3.63) is 99.6 Å². The van der Waals surface area contributed by atoms with Gasteiger partial charge in [-0.05, 0) is 23.8 Å². The lowest BCUT2D eigenvalue weighted by molar-refractivity contribution is -0.384. The molecule has 5 rings (SSSR count). The molecule has 10 heteroatoms. The van der Waals surface area contributed by atoms with Gasteiger partial charge in [-0.3, -0.25) is 19.8 Å². The fourth-order valence-electron chi connectivity index (χ4n) is 4.52. The van der Waals surface area contributed by atoms with E-state index in [1.54, 1.807) is 25.2 Å². The lowest BCUT2D eigenvalue weighted by Gasteiger charge is -2.16. The predicted molar refractivity (Wildman–Crippen MR) is 138 cm³/mol. The number of nitrogens with zero attached hydrogens (tertiary/aromatic N) is 4. The van der Waals surface area contributed by atoms with Crippen LogP contribution in [0.4, 0.5) is 16.2 Å². The Hall–Kier alpha value is -4.99. The molecule has 1 saturated heterocycles. The maximum Gasteiger partial charge on any atom is 0.326 e. The van der Waals surface area contributed by atoms with Gasteiger partial charge in [-0.25, -0.2) is 9.79 Å². The number of rotatable bonds is 6. The number of likely N-dealkylation sites (N-methyl/N-ethyl adjacent to an activating group) is 2. The second-order valence-corrected chi connectivity index (χ2v) is 8.84. The van der Waals surface area contributed by atoms with Crippen LogP contribution in [0.2, 0.25) is 0 Å². The van der Waals surface area contributed by atoms with Crippen molar-refractivity contribution in [1.29, 1.82) is 0 Å². The van der Waals surface area contributed by atoms with Crippen molar-refractivity contribution in [2.45, 2.75) is 12.5 Å². The molecule has 0 spiro atoms. The summed E-state index contributed by atoms with van der Waals surface area (Å²) in [6.45, 7) is 0. The molecule has 3 aromatic carbocycles. The number of aliphatic imine (C=N–C) groups is 1. The maximum atomic E-state index is 12.4. The minimum Gasteiger partial charge on any atom is -0.494 e. The zero-order valence-corrected chi connectivity index (χ0v) is 20.1. The summed E-state index contributed by atoms with van der Waals surface area (Å²) < 4.78 is 0. The van der Waals surface area contributed by atoms with Gasteiger partial charge in [0.15, 0.2) is 5.88 Å². The molecule has 37 heavy (non-hydrogen) atoms. The van der Waals surface area contributed by atoms with E-state index in [2.05, 4.69) is 4.98 Å². The van der Waals surface area contributed by atoms with Gasteiger partial charge in [0.2, 0.25) is 0 Å². The van der Waals surface area contributed by atoms with E-state index in [1.165, 1.54) is 24.1 Å². The number of benzene rings is 3. The molecule has 1 aliphatic rings. The second-order valence-electron chi connectivity index (χ2n) is 8.84. The number of non-ortho nitro benzene ring substituents is 1. The standard InChI is InChI=1S/C27H23N5O5/c1-30-22(26(34)31(2)27(30)35)14-16-8-10-18(11-9-16)28-24(17-6-4-3-5-7-17)23-20-15-19(32(36)37)12-13-21(20)29-25(23)33/h3-13,15,22,29,33H,14H2,1-2H3. The van der Waals surface area contributed by atoms with E-state index in [4.69, 9.17) is 4.99 Å². The molecule has 0 aliphatic carbocycles. The van der Waals surface area contributed by atoms with Crippen LogP contribution in [0.15, 0.2) is 77.8 Å². The first kappa shape index (κ1) is 23.7. The summed E-state index contributed by atoms with van der Waals surface area (Å²) >= 11 is 0. The third-order valence-corrected chi connectivity index (χ3v) is 6.54. The second kappa shape index (κ2) is 9.23. The van der Waals surface area contributed by atoms with Crippen molar-refractivity contribution in [3.63, 3.8) is 0 Å². The number of aromatic amines is 1. The van der Waals surface area contributed by atoms with E-state index in [-0.39, 0.29) is 23.5 Å². The fourth-order valence-corrected chi connectivity index (χ4v) is 4.52. The third-order valence-electron chi connectivity index (χ3n) is 6.54. The number of nitrogens with one attached hydrogen (secondary N) is 1. The molecule has 1 unspecified atom stereocenters. The quantitative estimate of drug-likeness (QED) is 0.177. The minimum atomic E-state index is -0.564. The summed E-state index contributed by atoms with van der Waals surface area (Å²) in [4.78, 5) is 45.6. The number of hydrogen-bond acceptors (Lipinski definition) is 6. The number of carbonyl (C=O) groups excluding carboxylic acids is 2. The normalized spacial score (nSPS) is 16.2. The van der Waals surface area contributed by atoms with Crippen molar-refractivity contribution < 1.29 is 19.6 Å². The van der Waals surface area contributed by atoms with Gasteiger partial charge in [0.25, 0.3) is 11.6 Å². The molecule has 0 bridgehead atoms. The summed E-state index contributed by atoms with van der Waals surface area (Å²) in [5.41, 5.74) is 3.40. The van der Waals surface area contributed by atoms with Crippen molar-refractivity contribution in [2.24, 2.45) is 4.99 Å². The molecular weight excluding hydrogens is 474 g/mol.